The smallest absolute Gasteiger partial charge is 0.335 e. The second kappa shape index (κ2) is 50.2. The van der Waals surface area contributed by atoms with E-state index in [1.807, 2.05) is 6.08 Å². The first-order valence-corrected chi connectivity index (χ1v) is 28.9. The van der Waals surface area contributed by atoms with Crippen LogP contribution in [-0.2, 0) is 42.9 Å². The molecule has 3 N–H and O–H groups in total. The van der Waals surface area contributed by atoms with Crippen LogP contribution < -0.4 is 0 Å². The van der Waals surface area contributed by atoms with E-state index in [0.717, 1.165) is 128 Å². The van der Waals surface area contributed by atoms with Crippen molar-refractivity contribution in [2.45, 2.75) is 250 Å². The minimum atomic E-state index is -1.92. The summed E-state index contributed by atoms with van der Waals surface area (Å²) in [5.41, 5.74) is 0. The van der Waals surface area contributed by atoms with Gasteiger partial charge in [-0.1, -0.05) is 188 Å². The zero-order valence-electron chi connectivity index (χ0n) is 46.5. The first kappa shape index (κ1) is 68.4. The van der Waals surface area contributed by atoms with Crippen molar-refractivity contribution in [2.75, 3.05) is 13.2 Å². The molecular formula is C63H100O12. The normalized spacial score (nSPS) is 19.0. The average molecular weight is 1050 g/mol. The summed E-state index contributed by atoms with van der Waals surface area (Å²) in [4.78, 5) is 51.0. The molecule has 1 heterocycles. The van der Waals surface area contributed by atoms with Gasteiger partial charge < -0.3 is 39.0 Å². The van der Waals surface area contributed by atoms with Crippen molar-refractivity contribution in [3.63, 3.8) is 0 Å². The molecule has 0 saturated carbocycles. The minimum absolute atomic E-state index is 0.0320. The molecule has 1 aliphatic rings. The number of carboxylic acid groups (broad SMARTS) is 1. The molecule has 1 fully saturated rings. The van der Waals surface area contributed by atoms with E-state index >= 15 is 0 Å². The fourth-order valence-electron chi connectivity index (χ4n) is 7.88. The lowest BCUT2D eigenvalue weighted by molar-refractivity contribution is -0.301. The number of carbonyl (C=O) groups is 4. The molecule has 1 saturated heterocycles. The van der Waals surface area contributed by atoms with Gasteiger partial charge in [0.25, 0.3) is 0 Å². The van der Waals surface area contributed by atoms with Gasteiger partial charge in [-0.3, -0.25) is 14.4 Å². The third kappa shape index (κ3) is 40.3. The van der Waals surface area contributed by atoms with Gasteiger partial charge in [0.15, 0.2) is 24.6 Å². The highest BCUT2D eigenvalue weighted by molar-refractivity contribution is 5.74. The molecule has 0 bridgehead atoms. The summed E-state index contributed by atoms with van der Waals surface area (Å²) in [7, 11) is 0. The number of ether oxygens (including phenoxy) is 5. The number of allylic oxidation sites excluding steroid dienone is 18. The summed E-state index contributed by atoms with van der Waals surface area (Å²) in [6, 6.07) is 0. The molecule has 0 aromatic rings. The Kier molecular flexibility index (Phi) is 45.8. The molecule has 75 heavy (non-hydrogen) atoms. The van der Waals surface area contributed by atoms with Gasteiger partial charge in [0.1, 0.15) is 18.8 Å². The van der Waals surface area contributed by atoms with Crippen LogP contribution in [0.25, 0.3) is 0 Å². The number of aliphatic hydroxyl groups is 2. The Labute approximate surface area is 453 Å². The largest absolute Gasteiger partial charge is 0.479 e. The van der Waals surface area contributed by atoms with Crippen molar-refractivity contribution < 1.29 is 58.2 Å². The number of aliphatic carboxylic acids is 1. The van der Waals surface area contributed by atoms with Gasteiger partial charge in [0.05, 0.1) is 6.61 Å². The van der Waals surface area contributed by atoms with E-state index < -0.39 is 67.3 Å². The molecule has 6 atom stereocenters. The van der Waals surface area contributed by atoms with Gasteiger partial charge in [0.2, 0.25) is 0 Å². The van der Waals surface area contributed by atoms with Crippen LogP contribution >= 0.6 is 0 Å². The first-order valence-electron chi connectivity index (χ1n) is 28.9. The minimum Gasteiger partial charge on any atom is -0.479 e. The van der Waals surface area contributed by atoms with Crippen LogP contribution in [0.3, 0.4) is 0 Å². The summed E-state index contributed by atoms with van der Waals surface area (Å²) < 4.78 is 28.3. The van der Waals surface area contributed by atoms with Crippen molar-refractivity contribution in [1.82, 2.24) is 0 Å². The maximum atomic E-state index is 13.1. The highest BCUT2D eigenvalue weighted by Gasteiger charge is 2.50. The number of carboxylic acids is 1. The fourth-order valence-corrected chi connectivity index (χ4v) is 7.88. The van der Waals surface area contributed by atoms with Gasteiger partial charge in [-0.2, -0.15) is 0 Å². The predicted molar refractivity (Wildman–Crippen MR) is 303 cm³/mol. The number of unbranched alkanes of at least 4 members (excludes halogenated alkanes) is 15. The highest BCUT2D eigenvalue weighted by Crippen LogP contribution is 2.26. The Morgan fingerprint density at radius 3 is 1.37 bits per heavy atom. The quantitative estimate of drug-likeness (QED) is 0.0228. The summed E-state index contributed by atoms with van der Waals surface area (Å²) in [6.45, 7) is 5.70. The zero-order valence-corrected chi connectivity index (χ0v) is 46.5. The third-order valence-electron chi connectivity index (χ3n) is 12.3. The predicted octanol–water partition coefficient (Wildman–Crippen LogP) is 14.7. The molecular weight excluding hydrogens is 949 g/mol. The van der Waals surface area contributed by atoms with Crippen molar-refractivity contribution in [3.05, 3.63) is 109 Å². The number of rotatable bonds is 47. The van der Waals surface area contributed by atoms with Crippen LogP contribution in [0.1, 0.15) is 213 Å². The summed E-state index contributed by atoms with van der Waals surface area (Å²) in [5.74, 6) is -3.25. The topological polar surface area (TPSA) is 175 Å². The van der Waals surface area contributed by atoms with Crippen molar-refractivity contribution in [1.29, 1.82) is 0 Å². The molecule has 1 aliphatic heterocycles. The Hall–Kier alpha value is -4.62. The molecule has 0 amide bonds. The van der Waals surface area contributed by atoms with Gasteiger partial charge in [-0.15, -0.1) is 0 Å². The molecule has 0 aliphatic carbocycles. The Bertz CT molecular complexity index is 1720. The maximum Gasteiger partial charge on any atom is 0.335 e. The Balaban J connectivity index is 2.76. The molecule has 12 nitrogen and oxygen atoms in total. The second-order valence-electron chi connectivity index (χ2n) is 19.2. The van der Waals surface area contributed by atoms with Gasteiger partial charge in [-0.25, -0.2) is 4.79 Å². The zero-order chi connectivity index (χ0) is 54.7. The fraction of sp³-hybridized carbons (Fsp3) is 0.651. The van der Waals surface area contributed by atoms with E-state index in [9.17, 15) is 34.5 Å². The van der Waals surface area contributed by atoms with Crippen LogP contribution in [0.2, 0.25) is 0 Å². The number of carbonyl (C=O) groups excluding carboxylic acids is 3. The van der Waals surface area contributed by atoms with E-state index in [1.165, 1.54) is 19.3 Å². The number of hydrogen-bond acceptors (Lipinski definition) is 11. The van der Waals surface area contributed by atoms with Gasteiger partial charge >= 0.3 is 23.9 Å². The molecule has 0 radical (unpaired) electrons. The Morgan fingerprint density at radius 1 is 0.453 bits per heavy atom. The number of aliphatic hydroxyl groups excluding tert-OH is 2. The van der Waals surface area contributed by atoms with Crippen LogP contribution in [-0.4, -0.2) is 89.2 Å². The third-order valence-corrected chi connectivity index (χ3v) is 12.3. The molecule has 12 heteroatoms. The lowest BCUT2D eigenvalue weighted by atomic mass is 9.98. The van der Waals surface area contributed by atoms with E-state index in [1.54, 1.807) is 0 Å². The molecule has 1 rings (SSSR count). The van der Waals surface area contributed by atoms with E-state index in [-0.39, 0.29) is 25.9 Å². The monoisotopic (exact) mass is 1050 g/mol. The molecule has 0 spiro atoms. The van der Waals surface area contributed by atoms with Crippen molar-refractivity contribution in [2.24, 2.45) is 0 Å². The van der Waals surface area contributed by atoms with Crippen LogP contribution in [0.5, 0.6) is 0 Å². The molecule has 0 aromatic heterocycles. The maximum absolute atomic E-state index is 13.1. The van der Waals surface area contributed by atoms with E-state index in [2.05, 4.69) is 124 Å². The average Bonchev–Trinajstić information content (AvgIpc) is 3.39. The van der Waals surface area contributed by atoms with Crippen LogP contribution in [0.15, 0.2) is 109 Å². The lowest BCUT2D eigenvalue weighted by Crippen LogP contribution is -2.61. The van der Waals surface area contributed by atoms with Crippen molar-refractivity contribution >= 4 is 23.9 Å². The van der Waals surface area contributed by atoms with E-state index in [4.69, 9.17) is 23.7 Å². The SMILES string of the molecule is CC/C=C\C/C=C\C/C=C\C/C=C\C/C=C\CCCC(=O)OCC(COC1OC(C(=O)O)C(O)C(O)C1OC(=O)CCCCCCC/C=C\C/C=C\CCCCC)OC(=O)CCCCCCC/C=C\C/C=C\CCC. The molecule has 0 aromatic carbocycles. The summed E-state index contributed by atoms with van der Waals surface area (Å²) in [6.07, 6.45) is 54.9. The number of esters is 3. The second-order valence-corrected chi connectivity index (χ2v) is 19.2. The summed E-state index contributed by atoms with van der Waals surface area (Å²) >= 11 is 0. The van der Waals surface area contributed by atoms with Gasteiger partial charge in [-0.05, 0) is 116 Å². The number of hydrogen-bond donors (Lipinski definition) is 3. The highest BCUT2D eigenvalue weighted by atomic mass is 16.7. The lowest BCUT2D eigenvalue weighted by Gasteiger charge is -2.40. The molecule has 6 unspecified atom stereocenters. The van der Waals surface area contributed by atoms with Crippen molar-refractivity contribution in [3.8, 4) is 0 Å². The summed E-state index contributed by atoms with van der Waals surface area (Å²) in [5, 5.41) is 31.4. The molecule has 424 valence electrons. The Morgan fingerprint density at radius 2 is 0.880 bits per heavy atom. The van der Waals surface area contributed by atoms with E-state index in [0.29, 0.717) is 25.7 Å². The van der Waals surface area contributed by atoms with Crippen LogP contribution in [0.4, 0.5) is 0 Å². The van der Waals surface area contributed by atoms with Gasteiger partial charge in [0, 0.05) is 19.3 Å². The van der Waals surface area contributed by atoms with Crippen LogP contribution in [0, 0.1) is 0 Å². The first-order chi connectivity index (χ1) is 36.6. The standard InChI is InChI=1S/C63H100O12/c1-4-7-10-13-16-19-22-25-27-28-30-32-34-37-40-43-46-49-55(64)71-52-54(73-56(65)50-47-44-41-38-35-31-24-21-18-15-12-9-6-3)53-72-63-61(59(68)58(67)60(75-63)62(69)70)74-57(66)51-48-45-42-39-36-33-29-26-23-20-17-14-11-8-5-2/h7,10,12,15-17,19-21,24-27,29-30,32,37,40,54,58-61,63,67-68H,4-6,8-9,11,13-14,18,22-23,28,31,33-36,38-39,41-53H2,1-3H3,(H,69,70)/b10-7-,15-12-,19-16-,20-17-,24-21-,27-25-,29-26-,32-30-,40-37-.